The third-order valence-electron chi connectivity index (χ3n) is 3.94. The monoisotopic (exact) mass is 286 g/mol. The van der Waals surface area contributed by atoms with E-state index < -0.39 is 5.54 Å². The van der Waals surface area contributed by atoms with E-state index in [-0.39, 0.29) is 5.91 Å². The number of amides is 1. The number of primary amides is 1. The Morgan fingerprint density at radius 1 is 1.53 bits per heavy atom. The van der Waals surface area contributed by atoms with Crippen LogP contribution in [0.4, 0.5) is 0 Å². The number of thioether (sulfide) groups is 1. The van der Waals surface area contributed by atoms with Gasteiger partial charge in [-0.25, -0.2) is 0 Å². The van der Waals surface area contributed by atoms with Crippen molar-refractivity contribution in [2.75, 3.05) is 12.3 Å². The van der Waals surface area contributed by atoms with Crippen LogP contribution in [0.2, 0.25) is 0 Å². The van der Waals surface area contributed by atoms with Crippen LogP contribution in [0.1, 0.15) is 59.3 Å². The van der Waals surface area contributed by atoms with Gasteiger partial charge in [0.1, 0.15) is 0 Å². The molecule has 0 aliphatic heterocycles. The molecule has 1 aliphatic rings. The van der Waals surface area contributed by atoms with Crippen molar-refractivity contribution in [1.82, 2.24) is 5.32 Å². The zero-order chi connectivity index (χ0) is 14.3. The molecule has 3 N–H and O–H groups in total. The fraction of sp³-hybridized carbons (Fsp3) is 0.933. The van der Waals surface area contributed by atoms with E-state index in [1.165, 1.54) is 18.6 Å². The molecule has 1 aliphatic carbocycles. The Labute approximate surface area is 122 Å². The second-order valence-electron chi connectivity index (χ2n) is 6.14. The summed E-state index contributed by atoms with van der Waals surface area (Å²) in [5, 5.41) is 4.01. The minimum Gasteiger partial charge on any atom is -0.368 e. The minimum absolute atomic E-state index is 0.157. The second kappa shape index (κ2) is 8.15. The molecule has 0 aromatic rings. The first-order chi connectivity index (χ1) is 9.00. The Bertz CT molecular complexity index is 283. The highest BCUT2D eigenvalue weighted by Crippen LogP contribution is 2.35. The van der Waals surface area contributed by atoms with Crippen LogP contribution in [0.25, 0.3) is 0 Å². The van der Waals surface area contributed by atoms with Crippen molar-refractivity contribution in [2.45, 2.75) is 70.1 Å². The molecule has 1 rings (SSSR count). The lowest BCUT2D eigenvalue weighted by Crippen LogP contribution is -2.58. The summed E-state index contributed by atoms with van der Waals surface area (Å²) < 4.78 is 0. The molecule has 1 amide bonds. The smallest absolute Gasteiger partial charge is 0.237 e. The van der Waals surface area contributed by atoms with E-state index in [0.717, 1.165) is 38.1 Å². The van der Waals surface area contributed by atoms with Crippen molar-refractivity contribution in [3.05, 3.63) is 0 Å². The van der Waals surface area contributed by atoms with Gasteiger partial charge in [0.15, 0.2) is 0 Å². The van der Waals surface area contributed by atoms with E-state index in [9.17, 15) is 4.79 Å². The van der Waals surface area contributed by atoms with Crippen LogP contribution in [0, 0.1) is 5.92 Å². The van der Waals surface area contributed by atoms with Gasteiger partial charge in [0.05, 0.1) is 5.54 Å². The summed E-state index contributed by atoms with van der Waals surface area (Å²) >= 11 is 2.03. The summed E-state index contributed by atoms with van der Waals surface area (Å²) in [5.74, 6) is 1.80. The lowest BCUT2D eigenvalue weighted by atomic mass is 9.80. The third kappa shape index (κ3) is 5.35. The highest BCUT2D eigenvalue weighted by Gasteiger charge is 2.40. The van der Waals surface area contributed by atoms with Crippen LogP contribution in [0.5, 0.6) is 0 Å². The van der Waals surface area contributed by atoms with Crippen LogP contribution in [0.3, 0.4) is 0 Å². The molecule has 0 aromatic carbocycles. The van der Waals surface area contributed by atoms with Gasteiger partial charge in [-0.05, 0) is 56.7 Å². The topological polar surface area (TPSA) is 55.1 Å². The molecule has 0 spiro atoms. The number of carbonyl (C=O) groups is 1. The van der Waals surface area contributed by atoms with Crippen molar-refractivity contribution in [3.8, 4) is 0 Å². The highest BCUT2D eigenvalue weighted by atomic mass is 32.2. The SMILES string of the molecule is CCCNC1(C(N)=O)CCCC(SCCC(C)C)C1. The number of rotatable bonds is 8. The predicted molar refractivity (Wildman–Crippen MR) is 84.4 cm³/mol. The average Bonchev–Trinajstić information content (AvgIpc) is 2.36. The molecule has 0 heterocycles. The number of hydrogen-bond acceptors (Lipinski definition) is 3. The standard InChI is InChI=1S/C15H30N2OS/c1-4-9-17-15(14(16)18)8-5-6-13(11-15)19-10-7-12(2)3/h12-13,17H,4-11H2,1-3H3,(H2,16,18). The summed E-state index contributed by atoms with van der Waals surface area (Å²) in [7, 11) is 0. The van der Waals surface area contributed by atoms with E-state index in [1.807, 2.05) is 11.8 Å². The van der Waals surface area contributed by atoms with Crippen molar-refractivity contribution in [1.29, 1.82) is 0 Å². The number of carbonyl (C=O) groups excluding carboxylic acids is 1. The first-order valence-corrected chi connectivity index (χ1v) is 8.71. The Morgan fingerprint density at radius 2 is 2.26 bits per heavy atom. The molecule has 0 aromatic heterocycles. The van der Waals surface area contributed by atoms with E-state index in [0.29, 0.717) is 5.25 Å². The van der Waals surface area contributed by atoms with Gasteiger partial charge < -0.3 is 11.1 Å². The van der Waals surface area contributed by atoms with Gasteiger partial charge in [0.25, 0.3) is 0 Å². The van der Waals surface area contributed by atoms with Crippen molar-refractivity contribution in [2.24, 2.45) is 11.7 Å². The zero-order valence-corrected chi connectivity index (χ0v) is 13.5. The maximum Gasteiger partial charge on any atom is 0.237 e. The van der Waals surface area contributed by atoms with Crippen LogP contribution in [-0.2, 0) is 4.79 Å². The molecule has 2 unspecified atom stereocenters. The van der Waals surface area contributed by atoms with Gasteiger partial charge in [0, 0.05) is 5.25 Å². The molecular weight excluding hydrogens is 256 g/mol. The lowest BCUT2D eigenvalue weighted by Gasteiger charge is -2.39. The summed E-state index contributed by atoms with van der Waals surface area (Å²) in [6, 6.07) is 0. The van der Waals surface area contributed by atoms with Gasteiger partial charge >= 0.3 is 0 Å². The fourth-order valence-corrected chi connectivity index (χ4v) is 4.35. The Balaban J connectivity index is 2.51. The van der Waals surface area contributed by atoms with Gasteiger partial charge in [-0.1, -0.05) is 20.8 Å². The quantitative estimate of drug-likeness (QED) is 0.721. The molecular formula is C15H30N2OS. The largest absolute Gasteiger partial charge is 0.368 e. The maximum atomic E-state index is 11.9. The minimum atomic E-state index is -0.441. The molecule has 1 fully saturated rings. The van der Waals surface area contributed by atoms with Crippen LogP contribution in [0.15, 0.2) is 0 Å². The summed E-state index contributed by atoms with van der Waals surface area (Å²) in [5.41, 5.74) is 5.23. The zero-order valence-electron chi connectivity index (χ0n) is 12.7. The van der Waals surface area contributed by atoms with Crippen LogP contribution in [-0.4, -0.2) is 29.0 Å². The Hall–Kier alpha value is -0.220. The van der Waals surface area contributed by atoms with Crippen LogP contribution < -0.4 is 11.1 Å². The van der Waals surface area contributed by atoms with Crippen molar-refractivity contribution < 1.29 is 4.79 Å². The Kier molecular flexibility index (Phi) is 7.22. The predicted octanol–water partition coefficient (Wildman–Crippen LogP) is 2.93. The number of nitrogens with two attached hydrogens (primary N) is 1. The normalized spacial score (nSPS) is 27.7. The van der Waals surface area contributed by atoms with Gasteiger partial charge in [-0.15, -0.1) is 0 Å². The molecule has 4 heteroatoms. The third-order valence-corrected chi connectivity index (χ3v) is 5.28. The molecule has 3 nitrogen and oxygen atoms in total. The second-order valence-corrected chi connectivity index (χ2v) is 7.55. The van der Waals surface area contributed by atoms with Gasteiger partial charge in [0.2, 0.25) is 5.91 Å². The molecule has 2 atom stereocenters. The fourth-order valence-electron chi connectivity index (χ4n) is 2.67. The van der Waals surface area contributed by atoms with E-state index in [1.54, 1.807) is 0 Å². The molecule has 19 heavy (non-hydrogen) atoms. The first-order valence-electron chi connectivity index (χ1n) is 7.66. The summed E-state index contributed by atoms with van der Waals surface area (Å²) in [6.45, 7) is 7.53. The van der Waals surface area contributed by atoms with Crippen molar-refractivity contribution >= 4 is 17.7 Å². The lowest BCUT2D eigenvalue weighted by molar-refractivity contribution is -0.125. The highest BCUT2D eigenvalue weighted by molar-refractivity contribution is 7.99. The molecule has 0 bridgehead atoms. The van der Waals surface area contributed by atoms with Crippen LogP contribution >= 0.6 is 11.8 Å². The molecule has 0 radical (unpaired) electrons. The van der Waals surface area contributed by atoms with E-state index >= 15 is 0 Å². The van der Waals surface area contributed by atoms with Crippen molar-refractivity contribution in [3.63, 3.8) is 0 Å². The average molecular weight is 286 g/mol. The molecule has 1 saturated carbocycles. The van der Waals surface area contributed by atoms with Gasteiger partial charge in [-0.2, -0.15) is 11.8 Å². The van der Waals surface area contributed by atoms with Gasteiger partial charge in [-0.3, -0.25) is 4.79 Å². The van der Waals surface area contributed by atoms with E-state index in [4.69, 9.17) is 5.73 Å². The number of nitrogens with one attached hydrogen (secondary N) is 1. The molecule has 112 valence electrons. The number of hydrogen-bond donors (Lipinski definition) is 2. The summed E-state index contributed by atoms with van der Waals surface area (Å²) in [4.78, 5) is 11.9. The Morgan fingerprint density at radius 3 is 2.84 bits per heavy atom. The summed E-state index contributed by atoms with van der Waals surface area (Å²) in [6.07, 6.45) is 6.45. The first kappa shape index (κ1) is 16.8. The maximum absolute atomic E-state index is 11.9. The molecule has 0 saturated heterocycles. The van der Waals surface area contributed by atoms with E-state index in [2.05, 4.69) is 26.1 Å².